The minimum absolute atomic E-state index is 0.0738. The molecule has 0 N–H and O–H groups in total. The molecule has 0 atom stereocenters. The Morgan fingerprint density at radius 3 is 2.48 bits per heavy atom. The summed E-state index contributed by atoms with van der Waals surface area (Å²) < 4.78 is 15.1. The summed E-state index contributed by atoms with van der Waals surface area (Å²) in [6.45, 7) is 6.48. The highest BCUT2D eigenvalue weighted by Crippen LogP contribution is 2.25. The van der Waals surface area contributed by atoms with E-state index in [2.05, 4.69) is 43.0 Å². The second-order valence-corrected chi connectivity index (χ2v) is 8.44. The van der Waals surface area contributed by atoms with Gasteiger partial charge in [-0.05, 0) is 34.8 Å². The van der Waals surface area contributed by atoms with Gasteiger partial charge in [-0.3, -0.25) is 4.79 Å². The molecule has 6 heteroatoms. The number of fused-ring (bicyclic) bond motifs is 1. The summed E-state index contributed by atoms with van der Waals surface area (Å²) in [6.07, 6.45) is 1.66. The zero-order valence-electron chi connectivity index (χ0n) is 15.2. The van der Waals surface area contributed by atoms with E-state index in [4.69, 9.17) is 0 Å². The van der Waals surface area contributed by atoms with E-state index in [1.807, 2.05) is 12.1 Å². The lowest BCUT2D eigenvalue weighted by Gasteiger charge is -2.18. The van der Waals surface area contributed by atoms with Crippen LogP contribution in [-0.2, 0) is 5.41 Å². The first-order chi connectivity index (χ1) is 12.8. The van der Waals surface area contributed by atoms with Crippen molar-refractivity contribution in [1.82, 2.24) is 14.6 Å². The lowest BCUT2D eigenvalue weighted by molar-refractivity contribution is 0.590. The number of halogens is 1. The maximum Gasteiger partial charge on any atom is 0.291 e. The molecule has 0 bridgehead atoms. The molecule has 2 aromatic heterocycles. The summed E-state index contributed by atoms with van der Waals surface area (Å²) >= 11 is 1.25. The van der Waals surface area contributed by atoms with Crippen LogP contribution < -0.4 is 10.1 Å². The minimum Gasteiger partial charge on any atom is -0.266 e. The smallest absolute Gasteiger partial charge is 0.266 e. The molecule has 4 nitrogen and oxygen atoms in total. The number of aromatic nitrogens is 3. The van der Waals surface area contributed by atoms with Crippen LogP contribution in [0.25, 0.3) is 22.4 Å². The molecule has 4 rings (SSSR count). The standard InChI is InChI=1S/C21H18FN3OS/c1-21(2,3)15-9-7-14(8-10-15)18-23-20-25(24-18)19(26)17(27-20)12-13-5-4-6-16(22)11-13/h4-12H,1-3H3. The van der Waals surface area contributed by atoms with Crippen LogP contribution in [-0.4, -0.2) is 14.6 Å². The Bertz CT molecular complexity index is 1230. The average molecular weight is 379 g/mol. The molecule has 0 fully saturated rings. The van der Waals surface area contributed by atoms with Gasteiger partial charge in [0.25, 0.3) is 5.56 Å². The molecular formula is C21H18FN3OS. The maximum absolute atomic E-state index is 13.3. The van der Waals surface area contributed by atoms with Crippen molar-refractivity contribution >= 4 is 22.4 Å². The Balaban J connectivity index is 1.74. The fraction of sp³-hybridized carbons (Fsp3) is 0.190. The molecule has 2 aromatic carbocycles. The Morgan fingerprint density at radius 2 is 1.85 bits per heavy atom. The van der Waals surface area contributed by atoms with Gasteiger partial charge in [0.15, 0.2) is 5.82 Å². The zero-order chi connectivity index (χ0) is 19.2. The van der Waals surface area contributed by atoms with E-state index in [0.29, 0.717) is 20.9 Å². The third kappa shape index (κ3) is 3.40. The summed E-state index contributed by atoms with van der Waals surface area (Å²) in [7, 11) is 0. The Hall–Kier alpha value is -2.86. The van der Waals surface area contributed by atoms with Crippen LogP contribution in [0, 0.1) is 5.82 Å². The molecule has 0 saturated heterocycles. The molecule has 0 radical (unpaired) electrons. The lowest BCUT2D eigenvalue weighted by atomic mass is 9.87. The molecule has 136 valence electrons. The van der Waals surface area contributed by atoms with E-state index >= 15 is 0 Å². The average Bonchev–Trinajstić information content (AvgIpc) is 3.15. The van der Waals surface area contributed by atoms with Gasteiger partial charge in [0.2, 0.25) is 4.96 Å². The van der Waals surface area contributed by atoms with Crippen molar-refractivity contribution in [3.8, 4) is 11.4 Å². The Labute approximate surface area is 159 Å². The Morgan fingerprint density at radius 1 is 1.11 bits per heavy atom. The fourth-order valence-corrected chi connectivity index (χ4v) is 3.73. The lowest BCUT2D eigenvalue weighted by Crippen LogP contribution is -2.23. The van der Waals surface area contributed by atoms with E-state index < -0.39 is 0 Å². The van der Waals surface area contributed by atoms with Crippen LogP contribution in [0.15, 0.2) is 53.3 Å². The zero-order valence-corrected chi connectivity index (χ0v) is 16.0. The van der Waals surface area contributed by atoms with Crippen molar-refractivity contribution in [2.24, 2.45) is 0 Å². The third-order valence-electron chi connectivity index (χ3n) is 4.34. The van der Waals surface area contributed by atoms with Crippen LogP contribution in [0.2, 0.25) is 0 Å². The first kappa shape index (κ1) is 17.5. The van der Waals surface area contributed by atoms with Crippen molar-refractivity contribution in [1.29, 1.82) is 0 Å². The van der Waals surface area contributed by atoms with E-state index in [0.717, 1.165) is 5.56 Å². The molecule has 0 amide bonds. The van der Waals surface area contributed by atoms with Gasteiger partial charge >= 0.3 is 0 Å². The first-order valence-corrected chi connectivity index (χ1v) is 9.41. The van der Waals surface area contributed by atoms with Crippen LogP contribution in [0.3, 0.4) is 0 Å². The topological polar surface area (TPSA) is 47.3 Å². The number of hydrogen-bond acceptors (Lipinski definition) is 4. The number of hydrogen-bond donors (Lipinski definition) is 0. The highest BCUT2D eigenvalue weighted by Gasteiger charge is 2.15. The van der Waals surface area contributed by atoms with Crippen LogP contribution >= 0.6 is 11.3 Å². The number of benzene rings is 2. The van der Waals surface area contributed by atoms with Gasteiger partial charge in [0.1, 0.15) is 5.82 Å². The quantitative estimate of drug-likeness (QED) is 0.532. The van der Waals surface area contributed by atoms with Gasteiger partial charge in [-0.15, -0.1) is 5.10 Å². The van der Waals surface area contributed by atoms with Crippen molar-refractivity contribution in [2.75, 3.05) is 0 Å². The van der Waals surface area contributed by atoms with E-state index in [-0.39, 0.29) is 16.8 Å². The summed E-state index contributed by atoms with van der Waals surface area (Å²) in [4.78, 5) is 17.6. The molecule has 0 aliphatic carbocycles. The predicted octanol–water partition coefficient (Wildman–Crippen LogP) is 3.80. The fourth-order valence-electron chi connectivity index (χ4n) is 2.82. The summed E-state index contributed by atoms with van der Waals surface area (Å²) in [5, 5.41) is 4.36. The van der Waals surface area contributed by atoms with Crippen LogP contribution in [0.1, 0.15) is 31.9 Å². The third-order valence-corrected chi connectivity index (χ3v) is 5.30. The van der Waals surface area contributed by atoms with Crippen LogP contribution in [0.5, 0.6) is 0 Å². The van der Waals surface area contributed by atoms with E-state index in [9.17, 15) is 9.18 Å². The molecule has 4 aromatic rings. The molecule has 0 unspecified atom stereocenters. The highest BCUT2D eigenvalue weighted by molar-refractivity contribution is 7.15. The minimum atomic E-state index is -0.336. The normalized spacial score (nSPS) is 12.8. The van der Waals surface area contributed by atoms with Gasteiger partial charge in [0, 0.05) is 5.56 Å². The Kier molecular flexibility index (Phi) is 4.15. The molecular weight excluding hydrogens is 361 g/mol. The monoisotopic (exact) mass is 379 g/mol. The SMILES string of the molecule is CC(C)(C)c1ccc(-c2nc3sc(=Cc4cccc(F)c4)c(=O)n3n2)cc1. The number of thiazole rings is 1. The largest absolute Gasteiger partial charge is 0.291 e. The van der Waals surface area contributed by atoms with Crippen molar-refractivity contribution in [2.45, 2.75) is 26.2 Å². The van der Waals surface area contributed by atoms with E-state index in [1.165, 1.54) is 33.5 Å². The first-order valence-electron chi connectivity index (χ1n) is 8.59. The summed E-state index contributed by atoms with van der Waals surface area (Å²) in [6, 6.07) is 14.2. The summed E-state index contributed by atoms with van der Waals surface area (Å²) in [5.41, 5.74) is 2.56. The van der Waals surface area contributed by atoms with Gasteiger partial charge in [-0.2, -0.15) is 9.50 Å². The predicted molar refractivity (Wildman–Crippen MR) is 106 cm³/mol. The van der Waals surface area contributed by atoms with Gasteiger partial charge in [-0.1, -0.05) is 68.5 Å². The number of nitrogens with zero attached hydrogens (tertiary/aromatic N) is 3. The van der Waals surface area contributed by atoms with Gasteiger partial charge in [0.05, 0.1) is 4.53 Å². The molecule has 0 aliphatic rings. The maximum atomic E-state index is 13.3. The van der Waals surface area contributed by atoms with Crippen molar-refractivity contribution in [3.05, 3.63) is 80.4 Å². The molecule has 0 saturated carbocycles. The highest BCUT2D eigenvalue weighted by atomic mass is 32.1. The second kappa shape index (κ2) is 6.39. The van der Waals surface area contributed by atoms with Gasteiger partial charge < -0.3 is 0 Å². The molecule has 2 heterocycles. The second-order valence-electron chi connectivity index (χ2n) is 7.43. The van der Waals surface area contributed by atoms with Gasteiger partial charge in [-0.25, -0.2) is 4.39 Å². The van der Waals surface area contributed by atoms with E-state index in [1.54, 1.807) is 18.2 Å². The van der Waals surface area contributed by atoms with Crippen LogP contribution in [0.4, 0.5) is 4.39 Å². The van der Waals surface area contributed by atoms with Crippen molar-refractivity contribution < 1.29 is 4.39 Å². The molecule has 0 aliphatic heterocycles. The van der Waals surface area contributed by atoms with Crippen molar-refractivity contribution in [3.63, 3.8) is 0 Å². The number of rotatable bonds is 2. The summed E-state index contributed by atoms with van der Waals surface area (Å²) in [5.74, 6) is 0.188. The molecule has 27 heavy (non-hydrogen) atoms. The molecule has 0 spiro atoms.